The monoisotopic (exact) mass is 540 g/mol. The average molecular weight is 541 g/mol. The maximum atomic E-state index is 13.4. The van der Waals surface area contributed by atoms with E-state index < -0.39 is 17.7 Å². The Balaban J connectivity index is 1.48. The Labute approximate surface area is 235 Å². The molecule has 0 aromatic heterocycles. The number of rotatable bonds is 10. The van der Waals surface area contributed by atoms with Gasteiger partial charge in [-0.15, -0.1) is 0 Å². The number of hydrogen-bond acceptors (Lipinski definition) is 6. The standard InChI is InChI=1S/C33H36N2O5/c1-4-34(5-2)17-18-35-30(24-11-14-27(15-12-24)39-21-23-9-7-6-8-10-23)29(32(37)33(35)38)31(36)25-13-16-28-26(20-25)19-22(3)40-28/h6-16,20,22,30,36H,4-5,17-19,21H2,1-3H3. The average Bonchev–Trinajstić information content (AvgIpc) is 3.48. The SMILES string of the molecule is CCN(CC)CCN1C(=O)C(=O)C(=C(O)c2ccc3c(c2)CC(C)O3)C1c1ccc(OCc2ccccc2)cc1. The quantitative estimate of drug-likeness (QED) is 0.212. The van der Waals surface area contributed by atoms with Crippen LogP contribution in [0.4, 0.5) is 0 Å². The first-order valence-electron chi connectivity index (χ1n) is 14.0. The molecule has 1 amide bonds. The fourth-order valence-corrected chi connectivity index (χ4v) is 5.46. The molecular formula is C33H36N2O5. The largest absolute Gasteiger partial charge is 0.507 e. The number of aliphatic hydroxyl groups excluding tert-OH is 1. The Bertz CT molecular complexity index is 1400. The molecule has 7 heteroatoms. The van der Waals surface area contributed by atoms with Gasteiger partial charge in [0.15, 0.2) is 0 Å². The predicted octanol–water partition coefficient (Wildman–Crippen LogP) is 5.35. The number of ether oxygens (including phenoxy) is 2. The lowest BCUT2D eigenvalue weighted by Crippen LogP contribution is -2.38. The van der Waals surface area contributed by atoms with Gasteiger partial charge in [-0.3, -0.25) is 9.59 Å². The Morgan fingerprint density at radius 2 is 1.75 bits per heavy atom. The van der Waals surface area contributed by atoms with Gasteiger partial charge in [-0.1, -0.05) is 56.3 Å². The predicted molar refractivity (Wildman–Crippen MR) is 154 cm³/mol. The highest BCUT2D eigenvalue weighted by atomic mass is 16.5. The number of likely N-dealkylation sites (N-methyl/N-ethyl adjacent to an activating group) is 1. The molecular weight excluding hydrogens is 504 g/mol. The van der Waals surface area contributed by atoms with Crippen LogP contribution in [0.5, 0.6) is 11.5 Å². The highest BCUT2D eigenvalue weighted by Crippen LogP contribution is 2.41. The summed E-state index contributed by atoms with van der Waals surface area (Å²) in [6, 6.07) is 22.0. The number of carbonyl (C=O) groups excluding carboxylic acids is 2. The molecule has 2 unspecified atom stereocenters. The molecule has 7 nitrogen and oxygen atoms in total. The molecule has 0 saturated carbocycles. The fourth-order valence-electron chi connectivity index (χ4n) is 5.46. The van der Waals surface area contributed by atoms with E-state index in [1.165, 1.54) is 0 Å². The summed E-state index contributed by atoms with van der Waals surface area (Å²) >= 11 is 0. The molecule has 2 atom stereocenters. The second kappa shape index (κ2) is 12.0. The van der Waals surface area contributed by atoms with Gasteiger partial charge in [0.2, 0.25) is 0 Å². The van der Waals surface area contributed by atoms with Gasteiger partial charge in [0.25, 0.3) is 11.7 Å². The van der Waals surface area contributed by atoms with E-state index in [9.17, 15) is 14.7 Å². The highest BCUT2D eigenvalue weighted by Gasteiger charge is 2.46. The van der Waals surface area contributed by atoms with Gasteiger partial charge in [0, 0.05) is 25.1 Å². The first kappa shape index (κ1) is 27.5. The van der Waals surface area contributed by atoms with E-state index in [1.807, 2.05) is 73.7 Å². The number of nitrogens with zero attached hydrogens (tertiary/aromatic N) is 2. The Morgan fingerprint density at radius 3 is 2.45 bits per heavy atom. The molecule has 0 spiro atoms. The minimum Gasteiger partial charge on any atom is -0.507 e. The van der Waals surface area contributed by atoms with Crippen LogP contribution >= 0.6 is 0 Å². The molecule has 3 aromatic rings. The summed E-state index contributed by atoms with van der Waals surface area (Å²) in [5.74, 6) is 0.0324. The van der Waals surface area contributed by atoms with E-state index in [2.05, 4.69) is 18.7 Å². The summed E-state index contributed by atoms with van der Waals surface area (Å²) in [6.45, 7) is 9.25. The zero-order valence-electron chi connectivity index (χ0n) is 23.3. The van der Waals surface area contributed by atoms with Crippen LogP contribution in [0.3, 0.4) is 0 Å². The van der Waals surface area contributed by atoms with Crippen molar-refractivity contribution in [2.45, 2.75) is 45.9 Å². The summed E-state index contributed by atoms with van der Waals surface area (Å²) in [5.41, 5.74) is 3.39. The molecule has 0 aliphatic carbocycles. The number of hydrogen-bond donors (Lipinski definition) is 1. The summed E-state index contributed by atoms with van der Waals surface area (Å²) in [5, 5.41) is 11.5. The van der Waals surface area contributed by atoms with E-state index in [0.717, 1.165) is 42.0 Å². The van der Waals surface area contributed by atoms with Gasteiger partial charge in [-0.05, 0) is 67.0 Å². The molecule has 208 valence electrons. The van der Waals surface area contributed by atoms with Crippen molar-refractivity contribution in [1.82, 2.24) is 9.80 Å². The van der Waals surface area contributed by atoms with Crippen molar-refractivity contribution >= 4 is 17.4 Å². The topological polar surface area (TPSA) is 79.3 Å². The van der Waals surface area contributed by atoms with Gasteiger partial charge in [-0.2, -0.15) is 0 Å². The van der Waals surface area contributed by atoms with E-state index in [0.29, 0.717) is 31.0 Å². The normalized spacial score (nSPS) is 19.6. The fraction of sp³-hybridized carbons (Fsp3) is 0.333. The molecule has 1 saturated heterocycles. The molecule has 2 aliphatic heterocycles. The first-order chi connectivity index (χ1) is 19.4. The van der Waals surface area contributed by atoms with E-state index in [1.54, 1.807) is 11.0 Å². The number of ketones is 1. The van der Waals surface area contributed by atoms with Crippen LogP contribution in [0.1, 0.15) is 49.1 Å². The smallest absolute Gasteiger partial charge is 0.295 e. The third-order valence-corrected chi connectivity index (χ3v) is 7.71. The van der Waals surface area contributed by atoms with Crippen molar-refractivity contribution in [3.8, 4) is 11.5 Å². The van der Waals surface area contributed by atoms with E-state index in [4.69, 9.17) is 9.47 Å². The maximum Gasteiger partial charge on any atom is 0.295 e. The van der Waals surface area contributed by atoms with E-state index >= 15 is 0 Å². The van der Waals surface area contributed by atoms with Crippen molar-refractivity contribution in [2.75, 3.05) is 26.2 Å². The molecule has 3 aromatic carbocycles. The lowest BCUT2D eigenvalue weighted by Gasteiger charge is -2.28. The lowest BCUT2D eigenvalue weighted by atomic mass is 9.94. The summed E-state index contributed by atoms with van der Waals surface area (Å²) in [6.07, 6.45) is 0.781. The van der Waals surface area contributed by atoms with E-state index in [-0.39, 0.29) is 17.4 Å². The first-order valence-corrected chi connectivity index (χ1v) is 14.0. The number of likely N-dealkylation sites (tertiary alicyclic amines) is 1. The number of fused-ring (bicyclic) bond motifs is 1. The van der Waals surface area contributed by atoms with Crippen LogP contribution < -0.4 is 9.47 Å². The number of carbonyl (C=O) groups is 2. The molecule has 5 rings (SSSR count). The second-order valence-electron chi connectivity index (χ2n) is 10.3. The molecule has 2 heterocycles. The van der Waals surface area contributed by atoms with Crippen molar-refractivity contribution < 1.29 is 24.2 Å². The molecule has 0 bridgehead atoms. The van der Waals surface area contributed by atoms with Crippen LogP contribution in [0.15, 0.2) is 78.4 Å². The Hall–Kier alpha value is -4.10. The molecule has 1 N–H and O–H groups in total. The number of benzene rings is 3. The molecule has 0 radical (unpaired) electrons. The van der Waals surface area contributed by atoms with Crippen molar-refractivity contribution in [2.24, 2.45) is 0 Å². The van der Waals surface area contributed by atoms with Gasteiger partial charge >= 0.3 is 0 Å². The van der Waals surface area contributed by atoms with Crippen LogP contribution in [0.2, 0.25) is 0 Å². The maximum absolute atomic E-state index is 13.4. The van der Waals surface area contributed by atoms with Crippen molar-refractivity contribution in [1.29, 1.82) is 0 Å². The van der Waals surface area contributed by atoms with Crippen LogP contribution in [-0.2, 0) is 22.6 Å². The number of amides is 1. The zero-order chi connectivity index (χ0) is 28.2. The lowest BCUT2D eigenvalue weighted by molar-refractivity contribution is -0.140. The summed E-state index contributed by atoms with van der Waals surface area (Å²) in [7, 11) is 0. The zero-order valence-corrected chi connectivity index (χ0v) is 23.3. The summed E-state index contributed by atoms with van der Waals surface area (Å²) < 4.78 is 11.8. The van der Waals surface area contributed by atoms with Gasteiger partial charge in [0.1, 0.15) is 30.0 Å². The number of Topliss-reactive ketones (excluding diaryl/α,β-unsaturated/α-hetero) is 1. The van der Waals surface area contributed by atoms with Crippen LogP contribution in [-0.4, -0.2) is 58.9 Å². The molecule has 2 aliphatic rings. The molecule has 1 fully saturated rings. The minimum absolute atomic E-state index is 0.0562. The van der Waals surface area contributed by atoms with Crippen molar-refractivity contribution in [3.05, 3.63) is 101 Å². The van der Waals surface area contributed by atoms with Gasteiger partial charge in [-0.25, -0.2) is 0 Å². The highest BCUT2D eigenvalue weighted by molar-refractivity contribution is 6.46. The van der Waals surface area contributed by atoms with Gasteiger partial charge < -0.3 is 24.4 Å². The van der Waals surface area contributed by atoms with Crippen LogP contribution in [0, 0.1) is 0 Å². The summed E-state index contributed by atoms with van der Waals surface area (Å²) in [4.78, 5) is 30.6. The minimum atomic E-state index is -0.706. The third kappa shape index (κ3) is 5.61. The number of aliphatic hydroxyl groups is 1. The Morgan fingerprint density at radius 1 is 1.02 bits per heavy atom. The second-order valence-corrected chi connectivity index (χ2v) is 10.3. The van der Waals surface area contributed by atoms with Gasteiger partial charge in [0.05, 0.1) is 11.6 Å². The van der Waals surface area contributed by atoms with Crippen LogP contribution in [0.25, 0.3) is 5.76 Å². The third-order valence-electron chi connectivity index (χ3n) is 7.71. The Kier molecular flexibility index (Phi) is 8.21. The van der Waals surface area contributed by atoms with Crippen molar-refractivity contribution in [3.63, 3.8) is 0 Å². The molecule has 40 heavy (non-hydrogen) atoms.